The normalized spacial score (nSPS) is 29.0. The zero-order chi connectivity index (χ0) is 30.8. The molecule has 1 saturated carbocycles. The van der Waals surface area contributed by atoms with Crippen LogP contribution in [0.25, 0.3) is 0 Å². The molecule has 1 spiro atoms. The lowest BCUT2D eigenvalue weighted by Crippen LogP contribution is -2.59. The van der Waals surface area contributed by atoms with Crippen LogP contribution >= 0.6 is 0 Å². The van der Waals surface area contributed by atoms with Crippen molar-refractivity contribution in [1.29, 1.82) is 0 Å². The summed E-state index contributed by atoms with van der Waals surface area (Å²) in [5.74, 6) is -0.340. The lowest BCUT2D eigenvalue weighted by molar-refractivity contribution is -0.0601. The number of nitrogens with one attached hydrogen (secondary N) is 1. The lowest BCUT2D eigenvalue weighted by Gasteiger charge is -2.43. The number of amides is 1. The molecule has 2 aliphatic heterocycles. The molecular formula is C26H47N5O7SSi2. The molecule has 0 radical (unpaired) electrons. The minimum atomic E-state index is -4.16. The third kappa shape index (κ3) is 5.95. The summed E-state index contributed by atoms with van der Waals surface area (Å²) >= 11 is 0. The Labute approximate surface area is 246 Å². The quantitative estimate of drug-likeness (QED) is 0.320. The summed E-state index contributed by atoms with van der Waals surface area (Å²) in [6.45, 7) is 20.9. The van der Waals surface area contributed by atoms with Gasteiger partial charge in [0.15, 0.2) is 28.5 Å². The van der Waals surface area contributed by atoms with E-state index in [9.17, 15) is 13.2 Å². The van der Waals surface area contributed by atoms with Gasteiger partial charge in [-0.05, 0) is 55.5 Å². The SMILES string of the molecule is CC(C)(C)[Si](C)(C)OCC1OC(n2nncc2C(=O)NC2CCC2)C(O[Si](C)(C)C(C)(C)C)C12OS(=O)(=O)C=C2N. The van der Waals surface area contributed by atoms with Crippen LogP contribution in [-0.4, -0.2) is 76.4 Å². The van der Waals surface area contributed by atoms with E-state index in [1.165, 1.54) is 10.9 Å². The minimum Gasteiger partial charge on any atom is -0.414 e. The number of carbonyl (C=O) groups is 1. The molecule has 4 rings (SSSR count). The van der Waals surface area contributed by atoms with Crippen LogP contribution in [-0.2, 0) is 27.9 Å². The average Bonchev–Trinajstić information content (AvgIpc) is 3.43. The summed E-state index contributed by atoms with van der Waals surface area (Å²) in [4.78, 5) is 13.3. The van der Waals surface area contributed by atoms with Crippen LogP contribution in [0.3, 0.4) is 0 Å². The molecule has 1 aliphatic carbocycles. The predicted octanol–water partition coefficient (Wildman–Crippen LogP) is 3.77. The van der Waals surface area contributed by atoms with Gasteiger partial charge in [0, 0.05) is 6.04 Å². The highest BCUT2D eigenvalue weighted by Gasteiger charge is 2.67. The van der Waals surface area contributed by atoms with Gasteiger partial charge in [-0.1, -0.05) is 46.8 Å². The molecule has 4 atom stereocenters. The second-order valence-corrected chi connectivity index (χ2v) is 25.4. The first kappa shape index (κ1) is 32.3. The molecule has 0 bridgehead atoms. The van der Waals surface area contributed by atoms with E-state index in [1.807, 2.05) is 13.1 Å². The predicted molar refractivity (Wildman–Crippen MR) is 159 cm³/mol. The van der Waals surface area contributed by atoms with Crippen LogP contribution in [0, 0.1) is 0 Å². The fraction of sp³-hybridized carbons (Fsp3) is 0.808. The Bertz CT molecular complexity index is 1300. The highest BCUT2D eigenvalue weighted by Crippen LogP contribution is 2.52. The molecule has 1 aromatic rings. The standard InChI is InChI=1S/C26H47N5O7SSi2/c1-24(2,3)40(7,8)35-15-20-26(19(27)16-39(33,34)38-26)21(37-41(9,10)25(4,5)6)23(36-20)31-18(14-28-30-31)22(32)29-17-12-11-13-17/h14,16-17,20-21,23H,11-13,15,27H2,1-10H3,(H,29,32). The van der Waals surface area contributed by atoms with Crippen LogP contribution in [0.4, 0.5) is 0 Å². The fourth-order valence-electron chi connectivity index (χ4n) is 4.59. The van der Waals surface area contributed by atoms with Gasteiger partial charge in [0.1, 0.15) is 17.9 Å². The molecule has 3 N–H and O–H groups in total. The number of nitrogens with zero attached hydrogens (tertiary/aromatic N) is 3. The minimum absolute atomic E-state index is 0.00666. The zero-order valence-corrected chi connectivity index (χ0v) is 28.8. The van der Waals surface area contributed by atoms with Gasteiger partial charge in [-0.2, -0.15) is 8.42 Å². The van der Waals surface area contributed by atoms with Crippen molar-refractivity contribution in [3.8, 4) is 0 Å². The number of rotatable bonds is 8. The summed E-state index contributed by atoms with van der Waals surface area (Å²) in [6.07, 6.45) is 1.14. The number of nitrogens with two attached hydrogens (primary N) is 1. The molecule has 12 nitrogen and oxygen atoms in total. The molecule has 4 unspecified atom stereocenters. The first-order chi connectivity index (χ1) is 18.6. The third-order valence-corrected chi connectivity index (χ3v) is 19.6. The molecule has 41 heavy (non-hydrogen) atoms. The number of hydrogen-bond donors (Lipinski definition) is 2. The largest absolute Gasteiger partial charge is 0.414 e. The average molecular weight is 630 g/mol. The number of aromatic nitrogens is 3. The Morgan fingerprint density at radius 2 is 1.76 bits per heavy atom. The van der Waals surface area contributed by atoms with Gasteiger partial charge >= 0.3 is 0 Å². The van der Waals surface area contributed by atoms with Crippen molar-refractivity contribution in [2.45, 2.75) is 127 Å². The lowest BCUT2D eigenvalue weighted by atomic mass is 9.89. The molecule has 232 valence electrons. The van der Waals surface area contributed by atoms with Crippen LogP contribution < -0.4 is 11.1 Å². The van der Waals surface area contributed by atoms with E-state index in [2.05, 4.69) is 70.3 Å². The summed E-state index contributed by atoms with van der Waals surface area (Å²) in [6, 6.07) is 0.0913. The highest BCUT2D eigenvalue weighted by molar-refractivity contribution is 7.90. The van der Waals surface area contributed by atoms with Crippen molar-refractivity contribution in [1.82, 2.24) is 20.3 Å². The van der Waals surface area contributed by atoms with Crippen LogP contribution in [0.1, 0.15) is 77.5 Å². The van der Waals surface area contributed by atoms with E-state index in [4.69, 9.17) is 23.5 Å². The van der Waals surface area contributed by atoms with Crippen molar-refractivity contribution in [3.63, 3.8) is 0 Å². The maximum absolute atomic E-state index is 13.3. The smallest absolute Gasteiger partial charge is 0.292 e. The summed E-state index contributed by atoms with van der Waals surface area (Å²) in [5, 5.41) is 11.8. The highest BCUT2D eigenvalue weighted by atomic mass is 32.2. The maximum atomic E-state index is 13.3. The van der Waals surface area contributed by atoms with E-state index < -0.39 is 50.8 Å². The van der Waals surface area contributed by atoms with E-state index in [-0.39, 0.29) is 40.0 Å². The maximum Gasteiger partial charge on any atom is 0.292 e. The van der Waals surface area contributed by atoms with Gasteiger partial charge < -0.3 is 24.6 Å². The van der Waals surface area contributed by atoms with Gasteiger partial charge in [-0.25, -0.2) is 8.86 Å². The second-order valence-electron chi connectivity index (χ2n) is 14.5. The van der Waals surface area contributed by atoms with Crippen molar-refractivity contribution in [3.05, 3.63) is 23.0 Å². The van der Waals surface area contributed by atoms with Crippen LogP contribution in [0.5, 0.6) is 0 Å². The topological polar surface area (TPSA) is 157 Å². The third-order valence-electron chi connectivity index (χ3n) is 9.56. The summed E-state index contributed by atoms with van der Waals surface area (Å²) in [5.41, 5.74) is 4.95. The van der Waals surface area contributed by atoms with Gasteiger partial charge in [-0.15, -0.1) is 5.10 Å². The Morgan fingerprint density at radius 3 is 2.24 bits per heavy atom. The molecule has 1 saturated heterocycles. The number of ether oxygens (including phenoxy) is 1. The molecule has 1 aromatic heterocycles. The molecule has 3 aliphatic rings. The Balaban J connectivity index is 1.82. The van der Waals surface area contributed by atoms with E-state index in [0.29, 0.717) is 0 Å². The van der Waals surface area contributed by atoms with E-state index in [0.717, 1.165) is 24.7 Å². The molecule has 1 amide bonds. The Kier molecular flexibility index (Phi) is 8.29. The van der Waals surface area contributed by atoms with Crippen molar-refractivity contribution in [2.75, 3.05) is 6.61 Å². The van der Waals surface area contributed by atoms with Crippen molar-refractivity contribution in [2.24, 2.45) is 5.73 Å². The molecular weight excluding hydrogens is 583 g/mol. The Hall–Kier alpha value is -1.63. The van der Waals surface area contributed by atoms with Gasteiger partial charge in [-0.3, -0.25) is 4.79 Å². The second kappa shape index (κ2) is 10.5. The van der Waals surface area contributed by atoms with Gasteiger partial charge in [0.25, 0.3) is 16.0 Å². The van der Waals surface area contributed by atoms with Crippen LogP contribution in [0.2, 0.25) is 36.3 Å². The van der Waals surface area contributed by atoms with Crippen molar-refractivity contribution < 1.29 is 31.0 Å². The van der Waals surface area contributed by atoms with E-state index >= 15 is 0 Å². The van der Waals surface area contributed by atoms with E-state index in [1.54, 1.807) is 0 Å². The zero-order valence-electron chi connectivity index (χ0n) is 26.0. The molecule has 0 aromatic carbocycles. The fourth-order valence-corrected chi connectivity index (χ4v) is 8.10. The van der Waals surface area contributed by atoms with Crippen molar-refractivity contribution >= 4 is 32.7 Å². The van der Waals surface area contributed by atoms with Gasteiger partial charge in [0.05, 0.1) is 23.9 Å². The number of hydrogen-bond acceptors (Lipinski definition) is 10. The first-order valence-electron chi connectivity index (χ1n) is 14.2. The molecule has 3 heterocycles. The summed E-state index contributed by atoms with van der Waals surface area (Å²) < 4.78 is 53.1. The monoisotopic (exact) mass is 629 g/mol. The molecule has 2 fully saturated rings. The number of carbonyl (C=O) groups excluding carboxylic acids is 1. The van der Waals surface area contributed by atoms with Crippen LogP contribution in [0.15, 0.2) is 17.3 Å². The Morgan fingerprint density at radius 1 is 1.15 bits per heavy atom. The van der Waals surface area contributed by atoms with Gasteiger partial charge in [0.2, 0.25) is 0 Å². The molecule has 15 heteroatoms. The summed E-state index contributed by atoms with van der Waals surface area (Å²) in [7, 11) is -9.08. The first-order valence-corrected chi connectivity index (χ1v) is 21.5.